The molecule has 0 spiro atoms. The van der Waals surface area contributed by atoms with Crippen molar-refractivity contribution >= 4 is 16.0 Å². The molecule has 1 saturated heterocycles. The van der Waals surface area contributed by atoms with Crippen molar-refractivity contribution < 1.29 is 36.3 Å². The molecule has 3 aromatic rings. The molecule has 0 radical (unpaired) electrons. The normalized spacial score (nSPS) is 22.7. The summed E-state index contributed by atoms with van der Waals surface area (Å²) in [4.78, 5) is 12.3. The van der Waals surface area contributed by atoms with E-state index in [4.69, 9.17) is 23.1 Å². The highest BCUT2D eigenvalue weighted by molar-refractivity contribution is 7.87. The highest BCUT2D eigenvalue weighted by Crippen LogP contribution is 2.31. The maximum Gasteiger partial charge on any atom is 0.296 e. The Morgan fingerprint density at radius 1 is 0.780 bits per heavy atom. The lowest BCUT2D eigenvalue weighted by molar-refractivity contribution is -0.218. The van der Waals surface area contributed by atoms with Crippen LogP contribution in [0.25, 0.3) is 0 Å². The maximum atomic E-state index is 13.3. The van der Waals surface area contributed by atoms with E-state index in [1.54, 1.807) is 6.92 Å². The zero-order chi connectivity index (χ0) is 29.1. The van der Waals surface area contributed by atoms with Crippen LogP contribution in [0.3, 0.4) is 0 Å². The van der Waals surface area contributed by atoms with Crippen molar-refractivity contribution in [2.45, 2.75) is 63.5 Å². The molecular weight excluding hydrogens is 546 g/mol. The van der Waals surface area contributed by atoms with E-state index in [-0.39, 0.29) is 26.4 Å². The van der Waals surface area contributed by atoms with Gasteiger partial charge in [-0.2, -0.15) is 8.42 Å². The molecule has 10 heteroatoms. The summed E-state index contributed by atoms with van der Waals surface area (Å²) in [5, 5.41) is 2.74. The van der Waals surface area contributed by atoms with E-state index in [9.17, 15) is 13.2 Å². The Hall–Kier alpha value is -3.12. The molecule has 0 aromatic heterocycles. The van der Waals surface area contributed by atoms with Crippen LogP contribution in [0.1, 0.15) is 30.5 Å². The number of hydrogen-bond donors (Lipinski definition) is 1. The molecule has 1 aliphatic rings. The van der Waals surface area contributed by atoms with Gasteiger partial charge in [0.2, 0.25) is 11.3 Å². The Balaban J connectivity index is 1.67. The second kappa shape index (κ2) is 15.2. The van der Waals surface area contributed by atoms with Crippen molar-refractivity contribution in [1.29, 1.82) is 0 Å². The standard InChI is InChI=1S/C31H37NO8S/c1-3-39-41(34,35)31-28(32-23(2)33)30(38-21-26-17-11-6-12-18-26)29(37-20-25-15-9-5-10-16-25)27(40-31)22-36-19-24-13-7-4-8-14-24/h4-18,27-31H,3,19-22H2,1-2H3,(H,32,33)/t27-,28-,29-,30-,31-/m1/s1. The van der Waals surface area contributed by atoms with Crippen molar-refractivity contribution in [1.82, 2.24) is 5.32 Å². The molecule has 1 fully saturated rings. The minimum Gasteiger partial charge on any atom is -0.374 e. The molecule has 41 heavy (non-hydrogen) atoms. The summed E-state index contributed by atoms with van der Waals surface area (Å²) in [5.41, 5.74) is 1.20. The second-order valence-corrected chi connectivity index (χ2v) is 11.4. The third kappa shape index (κ3) is 8.93. The molecule has 1 N–H and O–H groups in total. The number of hydrogen-bond acceptors (Lipinski definition) is 8. The minimum atomic E-state index is -4.27. The molecule has 0 aliphatic carbocycles. The molecular formula is C31H37NO8S. The fourth-order valence-corrected chi connectivity index (χ4v) is 6.03. The summed E-state index contributed by atoms with van der Waals surface area (Å²) in [7, 11) is -4.27. The maximum absolute atomic E-state index is 13.3. The summed E-state index contributed by atoms with van der Waals surface area (Å²) < 4.78 is 56.7. The lowest BCUT2D eigenvalue weighted by atomic mass is 9.97. The molecule has 4 rings (SSSR count). The minimum absolute atomic E-state index is 0.0183. The van der Waals surface area contributed by atoms with Crippen molar-refractivity contribution in [2.24, 2.45) is 0 Å². The first-order valence-corrected chi connectivity index (χ1v) is 15.1. The van der Waals surface area contributed by atoms with Crippen LogP contribution in [0, 0.1) is 0 Å². The van der Waals surface area contributed by atoms with Gasteiger partial charge < -0.3 is 24.3 Å². The lowest BCUT2D eigenvalue weighted by Crippen LogP contribution is -2.67. The quantitative estimate of drug-likeness (QED) is 0.284. The number of carbonyl (C=O) groups is 1. The number of amides is 1. The van der Waals surface area contributed by atoms with Gasteiger partial charge in [-0.25, -0.2) is 0 Å². The topological polar surface area (TPSA) is 109 Å². The first-order chi connectivity index (χ1) is 19.9. The summed E-state index contributed by atoms with van der Waals surface area (Å²) in [5.74, 6) is -0.441. The molecule has 1 aliphatic heterocycles. The van der Waals surface area contributed by atoms with Crippen LogP contribution in [0.2, 0.25) is 0 Å². The van der Waals surface area contributed by atoms with Gasteiger partial charge in [0, 0.05) is 6.92 Å². The molecule has 1 heterocycles. The van der Waals surface area contributed by atoms with E-state index < -0.39 is 45.8 Å². The highest BCUT2D eigenvalue weighted by atomic mass is 32.2. The van der Waals surface area contributed by atoms with Crippen LogP contribution < -0.4 is 5.32 Å². The number of carbonyl (C=O) groups excluding carboxylic acids is 1. The van der Waals surface area contributed by atoms with E-state index in [1.165, 1.54) is 6.92 Å². The van der Waals surface area contributed by atoms with E-state index in [1.807, 2.05) is 91.0 Å². The van der Waals surface area contributed by atoms with E-state index >= 15 is 0 Å². The largest absolute Gasteiger partial charge is 0.374 e. The van der Waals surface area contributed by atoms with Crippen molar-refractivity contribution in [3.05, 3.63) is 108 Å². The van der Waals surface area contributed by atoms with Crippen molar-refractivity contribution in [2.75, 3.05) is 13.2 Å². The van der Waals surface area contributed by atoms with Gasteiger partial charge in [0.25, 0.3) is 10.1 Å². The van der Waals surface area contributed by atoms with Crippen molar-refractivity contribution in [3.8, 4) is 0 Å². The monoisotopic (exact) mass is 583 g/mol. The summed E-state index contributed by atoms with van der Waals surface area (Å²) >= 11 is 0. The van der Waals surface area contributed by atoms with E-state index in [2.05, 4.69) is 5.32 Å². The fourth-order valence-electron chi connectivity index (χ4n) is 4.70. The molecule has 5 atom stereocenters. The van der Waals surface area contributed by atoms with E-state index in [0.29, 0.717) is 6.61 Å². The first kappa shape index (κ1) is 30.8. The lowest BCUT2D eigenvalue weighted by Gasteiger charge is -2.45. The van der Waals surface area contributed by atoms with Crippen molar-refractivity contribution in [3.63, 3.8) is 0 Å². The van der Waals surface area contributed by atoms with Gasteiger partial charge in [-0.3, -0.25) is 8.98 Å². The number of benzene rings is 3. The molecule has 220 valence electrons. The molecule has 0 saturated carbocycles. The third-order valence-corrected chi connectivity index (χ3v) is 8.08. The fraction of sp³-hybridized carbons (Fsp3) is 0.387. The summed E-state index contributed by atoms with van der Waals surface area (Å²) in [6.07, 6.45) is -2.56. The number of ether oxygens (including phenoxy) is 4. The molecule has 0 unspecified atom stereocenters. The molecule has 9 nitrogen and oxygen atoms in total. The van der Waals surface area contributed by atoms with Gasteiger partial charge in [-0.15, -0.1) is 0 Å². The first-order valence-electron chi connectivity index (χ1n) is 13.6. The van der Waals surface area contributed by atoms with Gasteiger partial charge in [-0.05, 0) is 23.6 Å². The number of rotatable bonds is 14. The average molecular weight is 584 g/mol. The average Bonchev–Trinajstić information content (AvgIpc) is 2.97. The predicted molar refractivity (Wildman–Crippen MR) is 153 cm³/mol. The van der Waals surface area contributed by atoms with Crippen LogP contribution in [0.4, 0.5) is 0 Å². The molecule has 3 aromatic carbocycles. The summed E-state index contributed by atoms with van der Waals surface area (Å²) in [6, 6.07) is 27.6. The third-order valence-electron chi connectivity index (χ3n) is 6.55. The SMILES string of the molecule is CCOS(=O)(=O)[C@H]1O[C@H](COCc2ccccc2)[C@@H](OCc2ccccc2)[C@H](OCc2ccccc2)[C@H]1NC(C)=O. The van der Waals surface area contributed by atoms with E-state index in [0.717, 1.165) is 16.7 Å². The van der Waals surface area contributed by atoms with Gasteiger partial charge in [0.05, 0.1) is 33.0 Å². The Labute approximate surface area is 241 Å². The van der Waals surface area contributed by atoms with Crippen LogP contribution in [-0.4, -0.2) is 57.3 Å². The van der Waals surface area contributed by atoms with Gasteiger partial charge >= 0.3 is 0 Å². The van der Waals surface area contributed by atoms with Crippen LogP contribution in [0.5, 0.6) is 0 Å². The smallest absolute Gasteiger partial charge is 0.296 e. The summed E-state index contributed by atoms with van der Waals surface area (Å²) in [6.45, 7) is 3.48. The Morgan fingerprint density at radius 2 is 1.27 bits per heavy atom. The second-order valence-electron chi connectivity index (χ2n) is 9.69. The van der Waals surface area contributed by atoms with Crippen LogP contribution in [0.15, 0.2) is 91.0 Å². The van der Waals surface area contributed by atoms with Gasteiger partial charge in [0.15, 0.2) is 0 Å². The Morgan fingerprint density at radius 3 is 1.76 bits per heavy atom. The van der Waals surface area contributed by atoms with Crippen LogP contribution >= 0.6 is 0 Å². The Kier molecular flexibility index (Phi) is 11.4. The molecule has 1 amide bonds. The number of nitrogens with one attached hydrogen (secondary N) is 1. The zero-order valence-electron chi connectivity index (χ0n) is 23.3. The highest BCUT2D eigenvalue weighted by Gasteiger charge is 2.53. The Bertz CT molecular complexity index is 1310. The van der Waals surface area contributed by atoms with Gasteiger partial charge in [0.1, 0.15) is 24.4 Å². The van der Waals surface area contributed by atoms with Gasteiger partial charge in [-0.1, -0.05) is 91.0 Å². The molecule has 0 bridgehead atoms. The zero-order valence-corrected chi connectivity index (χ0v) is 24.1. The van der Waals surface area contributed by atoms with Crippen LogP contribution in [-0.2, 0) is 57.9 Å². The predicted octanol–water partition coefficient (Wildman–Crippen LogP) is 3.97.